The van der Waals surface area contributed by atoms with Gasteiger partial charge < -0.3 is 23.9 Å². The molecule has 1 N–H and O–H groups in total. The Morgan fingerprint density at radius 1 is 1.10 bits per heavy atom. The van der Waals surface area contributed by atoms with Gasteiger partial charge in [-0.2, -0.15) is 0 Å². The van der Waals surface area contributed by atoms with Crippen LogP contribution in [0.15, 0.2) is 53.3 Å². The van der Waals surface area contributed by atoms with Crippen molar-refractivity contribution in [2.75, 3.05) is 6.61 Å². The number of hydrogen-bond acceptors (Lipinski definition) is 5. The number of aliphatic carboxylic acids is 1. The van der Waals surface area contributed by atoms with E-state index >= 15 is 0 Å². The van der Waals surface area contributed by atoms with E-state index in [2.05, 4.69) is 0 Å². The molecule has 1 unspecified atom stereocenters. The number of rotatable bonds is 7. The largest absolute Gasteiger partial charge is 0.493 e. The first kappa shape index (κ1) is 29.3. The van der Waals surface area contributed by atoms with Crippen LogP contribution in [0.3, 0.4) is 0 Å². The fraction of sp³-hybridized carbons (Fsp3) is 0.333. The van der Waals surface area contributed by atoms with Gasteiger partial charge in [-0.05, 0) is 99.0 Å². The Bertz CT molecular complexity index is 1730. The molecular weight excluding hydrogens is 544 g/mol. The Balaban J connectivity index is 1.74. The van der Waals surface area contributed by atoms with Crippen LogP contribution in [-0.2, 0) is 29.6 Å². The van der Waals surface area contributed by atoms with Gasteiger partial charge >= 0.3 is 5.97 Å². The van der Waals surface area contributed by atoms with Crippen LogP contribution in [-0.4, -0.2) is 27.9 Å². The van der Waals surface area contributed by atoms with Gasteiger partial charge in [-0.3, -0.25) is 4.79 Å². The van der Waals surface area contributed by atoms with Gasteiger partial charge in [0.2, 0.25) is 0 Å². The molecular formula is C33H33F2NO6. The molecule has 0 amide bonds. The highest BCUT2D eigenvalue weighted by Crippen LogP contribution is 2.42. The van der Waals surface area contributed by atoms with E-state index in [9.17, 15) is 23.5 Å². The lowest BCUT2D eigenvalue weighted by Gasteiger charge is -2.29. The van der Waals surface area contributed by atoms with Gasteiger partial charge in [-0.25, -0.2) is 13.6 Å². The molecule has 0 radical (unpaired) electrons. The van der Waals surface area contributed by atoms with E-state index in [0.29, 0.717) is 17.6 Å². The maximum absolute atomic E-state index is 14.2. The van der Waals surface area contributed by atoms with E-state index in [4.69, 9.17) is 14.2 Å². The molecule has 42 heavy (non-hydrogen) atoms. The van der Waals surface area contributed by atoms with Gasteiger partial charge in [0.15, 0.2) is 6.10 Å². The number of carboxylic acid groups (broad SMARTS) is 1. The SMILES string of the molecule is Cc1c(-c2c(C(OC(C)(C)C)C(=O)O)n(C)c(=O)c3cc(OCc4c(F)cccc4F)ccc23)ccc2c1CCCO2. The van der Waals surface area contributed by atoms with Gasteiger partial charge in [0.25, 0.3) is 5.56 Å². The predicted octanol–water partition coefficient (Wildman–Crippen LogP) is 6.64. The summed E-state index contributed by atoms with van der Waals surface area (Å²) in [6.07, 6.45) is 0.208. The van der Waals surface area contributed by atoms with Crippen molar-refractivity contribution in [1.29, 1.82) is 0 Å². The van der Waals surface area contributed by atoms with E-state index in [1.54, 1.807) is 32.9 Å². The first-order valence-corrected chi connectivity index (χ1v) is 13.8. The molecule has 0 aliphatic carbocycles. The number of fused-ring (bicyclic) bond motifs is 2. The Labute approximate surface area is 242 Å². The van der Waals surface area contributed by atoms with Crippen molar-refractivity contribution in [3.63, 3.8) is 0 Å². The normalized spacial score (nSPS) is 13.9. The standard InChI is InChI=1S/C33H33F2NO6/c1-18-20-8-7-15-40-27(20)14-13-21(18)28-22-12-11-19(41-17-24-25(34)9-6-10-26(24)35)16-23(22)31(37)36(5)29(28)30(32(38)39)42-33(2,3)4/h6,9-14,16,30H,7-8,15,17H2,1-5H3,(H,38,39). The Morgan fingerprint density at radius 2 is 1.81 bits per heavy atom. The fourth-order valence-corrected chi connectivity index (χ4v) is 5.48. The van der Waals surface area contributed by atoms with Crippen molar-refractivity contribution in [1.82, 2.24) is 4.57 Å². The molecule has 1 aromatic heterocycles. The molecule has 3 aromatic carbocycles. The molecule has 0 fully saturated rings. The second-order valence-corrected chi connectivity index (χ2v) is 11.4. The lowest BCUT2D eigenvalue weighted by Crippen LogP contribution is -2.33. The van der Waals surface area contributed by atoms with Crippen LogP contribution in [0.4, 0.5) is 8.78 Å². The quantitative estimate of drug-likeness (QED) is 0.265. The van der Waals surface area contributed by atoms with Gasteiger partial charge in [0.05, 0.1) is 28.9 Å². The molecule has 9 heteroatoms. The van der Waals surface area contributed by atoms with Crippen molar-refractivity contribution in [2.24, 2.45) is 7.05 Å². The molecule has 1 atom stereocenters. The highest BCUT2D eigenvalue weighted by Gasteiger charge is 2.34. The topological polar surface area (TPSA) is 87.0 Å². The molecule has 0 bridgehead atoms. The van der Waals surface area contributed by atoms with E-state index < -0.39 is 34.9 Å². The lowest BCUT2D eigenvalue weighted by molar-refractivity contribution is -0.161. The summed E-state index contributed by atoms with van der Waals surface area (Å²) in [5.41, 5.74) is 1.93. The minimum atomic E-state index is -1.45. The molecule has 0 saturated heterocycles. The predicted molar refractivity (Wildman–Crippen MR) is 155 cm³/mol. The number of hydrogen-bond donors (Lipinski definition) is 1. The molecule has 0 spiro atoms. The van der Waals surface area contributed by atoms with E-state index in [-0.39, 0.29) is 29.0 Å². The summed E-state index contributed by atoms with van der Waals surface area (Å²) in [6.45, 7) is 7.48. The summed E-state index contributed by atoms with van der Waals surface area (Å²) < 4.78 is 47.3. The van der Waals surface area contributed by atoms with Crippen LogP contribution >= 0.6 is 0 Å². The molecule has 1 aliphatic rings. The molecule has 2 heterocycles. The zero-order chi connectivity index (χ0) is 30.3. The minimum absolute atomic E-state index is 0.205. The van der Waals surface area contributed by atoms with Gasteiger partial charge in [-0.15, -0.1) is 0 Å². The number of carbonyl (C=O) groups is 1. The number of halogens is 2. The molecule has 7 nitrogen and oxygen atoms in total. The molecule has 5 rings (SSSR count). The number of nitrogens with zero attached hydrogens (tertiary/aromatic N) is 1. The molecule has 1 aliphatic heterocycles. The van der Waals surface area contributed by atoms with Crippen molar-refractivity contribution in [3.05, 3.63) is 92.9 Å². The number of carboxylic acids is 1. The summed E-state index contributed by atoms with van der Waals surface area (Å²) in [4.78, 5) is 26.5. The fourth-order valence-electron chi connectivity index (χ4n) is 5.48. The van der Waals surface area contributed by atoms with Gasteiger partial charge in [0, 0.05) is 12.6 Å². The minimum Gasteiger partial charge on any atom is -0.493 e. The Kier molecular flexibility index (Phi) is 7.81. The van der Waals surface area contributed by atoms with Crippen molar-refractivity contribution in [2.45, 2.75) is 58.8 Å². The van der Waals surface area contributed by atoms with Gasteiger partial charge in [-0.1, -0.05) is 12.1 Å². The highest BCUT2D eigenvalue weighted by molar-refractivity contribution is 6.00. The van der Waals surface area contributed by atoms with Crippen molar-refractivity contribution >= 4 is 16.7 Å². The van der Waals surface area contributed by atoms with E-state index in [1.807, 2.05) is 19.1 Å². The molecule has 0 saturated carbocycles. The maximum atomic E-state index is 14.2. The zero-order valence-electron chi connectivity index (χ0n) is 24.2. The van der Waals surface area contributed by atoms with E-state index in [1.165, 1.54) is 23.7 Å². The summed E-state index contributed by atoms with van der Waals surface area (Å²) in [6, 6.07) is 12.1. The van der Waals surface area contributed by atoms with Crippen LogP contribution in [0.2, 0.25) is 0 Å². The Morgan fingerprint density at radius 3 is 2.48 bits per heavy atom. The zero-order valence-corrected chi connectivity index (χ0v) is 24.2. The highest BCUT2D eigenvalue weighted by atomic mass is 19.1. The van der Waals surface area contributed by atoms with Crippen LogP contribution in [0.5, 0.6) is 11.5 Å². The van der Waals surface area contributed by atoms with E-state index in [0.717, 1.165) is 47.4 Å². The third-order valence-electron chi connectivity index (χ3n) is 7.46. The molecule has 220 valence electrons. The van der Waals surface area contributed by atoms with Crippen LogP contribution in [0, 0.1) is 18.6 Å². The van der Waals surface area contributed by atoms with Gasteiger partial charge in [0.1, 0.15) is 29.7 Å². The summed E-state index contributed by atoms with van der Waals surface area (Å²) >= 11 is 0. The van der Waals surface area contributed by atoms with Crippen LogP contribution in [0.1, 0.15) is 55.7 Å². The van der Waals surface area contributed by atoms with Crippen molar-refractivity contribution < 1.29 is 32.9 Å². The second kappa shape index (κ2) is 11.2. The second-order valence-electron chi connectivity index (χ2n) is 11.4. The lowest BCUT2D eigenvalue weighted by atomic mass is 9.88. The first-order chi connectivity index (χ1) is 19.9. The summed E-state index contributed by atoms with van der Waals surface area (Å²) in [5.74, 6) is -1.67. The average Bonchev–Trinajstić information content (AvgIpc) is 2.94. The van der Waals surface area contributed by atoms with Crippen LogP contribution in [0.25, 0.3) is 21.9 Å². The number of pyridine rings is 1. The third kappa shape index (κ3) is 5.48. The Hall–Kier alpha value is -4.24. The summed E-state index contributed by atoms with van der Waals surface area (Å²) in [7, 11) is 1.52. The monoisotopic (exact) mass is 577 g/mol. The number of benzene rings is 3. The average molecular weight is 578 g/mol. The smallest absolute Gasteiger partial charge is 0.339 e. The maximum Gasteiger partial charge on any atom is 0.339 e. The summed E-state index contributed by atoms with van der Waals surface area (Å²) in [5, 5.41) is 11.1. The molecule has 4 aromatic rings. The van der Waals surface area contributed by atoms with Crippen LogP contribution < -0.4 is 15.0 Å². The third-order valence-corrected chi connectivity index (χ3v) is 7.46. The number of ether oxygens (including phenoxy) is 3. The first-order valence-electron chi connectivity index (χ1n) is 13.8. The van der Waals surface area contributed by atoms with Crippen molar-refractivity contribution in [3.8, 4) is 22.6 Å². The number of aromatic nitrogens is 1.